The molecule has 0 aromatic rings. The van der Waals surface area contributed by atoms with E-state index in [0.29, 0.717) is 10.5 Å². The number of carbonyl (C=O) groups is 2. The zero-order chi connectivity index (χ0) is 10.1. The summed E-state index contributed by atoms with van der Waals surface area (Å²) in [5.41, 5.74) is 0. The van der Waals surface area contributed by atoms with Crippen LogP contribution in [0, 0.1) is 0 Å². The monoisotopic (exact) mass is 348 g/mol. The summed E-state index contributed by atoms with van der Waals surface area (Å²) >= 11 is -1.64. The second-order valence-corrected chi connectivity index (χ2v) is 9.69. The van der Waals surface area contributed by atoms with Gasteiger partial charge in [0.2, 0.25) is 0 Å². The Hall–Kier alpha value is -0.0943. The molecule has 0 rings (SSSR count). The van der Waals surface area contributed by atoms with Gasteiger partial charge in [0.05, 0.1) is 0 Å². The Kier molecular flexibility index (Phi) is 18.9. The first-order valence-electron chi connectivity index (χ1n) is 3.85. The molecule has 9 heteroatoms. The summed E-state index contributed by atoms with van der Waals surface area (Å²) in [4.78, 5) is 20.2. The zero-order valence-electron chi connectivity index (χ0n) is 8.10. The minimum atomic E-state index is -0.822. The molecule has 15 heavy (non-hydrogen) atoms. The van der Waals surface area contributed by atoms with Gasteiger partial charge in [-0.25, -0.2) is 0 Å². The molecule has 0 aliphatic rings. The molecule has 0 unspecified atom stereocenters. The second kappa shape index (κ2) is 13.9. The quantitative estimate of drug-likeness (QED) is 0.380. The summed E-state index contributed by atoms with van der Waals surface area (Å²) in [6.45, 7) is 0. The maximum atomic E-state index is 10.1. The third kappa shape index (κ3) is 20.1. The summed E-state index contributed by atoms with van der Waals surface area (Å²) in [7, 11) is 0. The van der Waals surface area contributed by atoms with Crippen LogP contribution in [0.5, 0.6) is 0 Å². The average molecular weight is 345 g/mol. The van der Waals surface area contributed by atoms with Crippen molar-refractivity contribution in [3.05, 3.63) is 0 Å². The minimum absolute atomic E-state index is 0. The molecule has 2 radical (unpaired) electrons. The van der Waals surface area contributed by atoms with Crippen molar-refractivity contribution in [3.63, 3.8) is 0 Å². The molecule has 0 aliphatic carbocycles. The molecule has 0 bridgehead atoms. The first kappa shape index (κ1) is 20.3. The van der Waals surface area contributed by atoms with Gasteiger partial charge in [0, 0.05) is 0 Å². The van der Waals surface area contributed by atoms with Crippen molar-refractivity contribution in [3.8, 4) is 0 Å². The molecule has 0 aromatic carbocycles. The second-order valence-electron chi connectivity index (χ2n) is 2.33. The maximum absolute atomic E-state index is 10.1. The SMILES string of the molecule is O.O.O=C(O)C[CH2][GeH][O][GeH][CH2]CC(=O)O. The van der Waals surface area contributed by atoms with E-state index in [1.807, 2.05) is 0 Å². The molecule has 0 spiro atoms. The number of rotatable bonds is 8. The molecule has 0 atom stereocenters. The Morgan fingerprint density at radius 1 is 0.933 bits per heavy atom. The van der Waals surface area contributed by atoms with Gasteiger partial charge in [-0.1, -0.05) is 0 Å². The summed E-state index contributed by atoms with van der Waals surface area (Å²) in [6, 6.07) is 0. The number of hydrogen-bond acceptors (Lipinski definition) is 3. The fraction of sp³-hybridized carbons (Fsp3) is 0.667. The molecular formula is C6H16Ge2O7. The van der Waals surface area contributed by atoms with Gasteiger partial charge in [0.25, 0.3) is 0 Å². The summed E-state index contributed by atoms with van der Waals surface area (Å²) in [5, 5.41) is 17.9. The van der Waals surface area contributed by atoms with Crippen molar-refractivity contribution in [2.45, 2.75) is 23.3 Å². The van der Waals surface area contributed by atoms with Gasteiger partial charge < -0.3 is 11.0 Å². The van der Waals surface area contributed by atoms with E-state index in [1.165, 1.54) is 0 Å². The fourth-order valence-corrected chi connectivity index (χ4v) is 7.41. The van der Waals surface area contributed by atoms with E-state index in [0.717, 1.165) is 0 Å². The van der Waals surface area contributed by atoms with Crippen molar-refractivity contribution < 1.29 is 33.5 Å². The van der Waals surface area contributed by atoms with Crippen LogP contribution in [0.15, 0.2) is 0 Å². The first-order chi connectivity index (χ1) is 6.13. The van der Waals surface area contributed by atoms with Crippen LogP contribution >= 0.6 is 0 Å². The van der Waals surface area contributed by atoms with E-state index in [-0.39, 0.29) is 23.8 Å². The number of aliphatic carboxylic acids is 2. The zero-order valence-corrected chi connectivity index (χ0v) is 12.9. The van der Waals surface area contributed by atoms with Crippen LogP contribution in [0.4, 0.5) is 0 Å². The van der Waals surface area contributed by atoms with Crippen molar-refractivity contribution >= 4 is 43.5 Å². The molecule has 7 nitrogen and oxygen atoms in total. The Morgan fingerprint density at radius 3 is 1.53 bits per heavy atom. The number of carboxylic acid groups (broad SMARTS) is 2. The average Bonchev–Trinajstić information content (AvgIpc) is 2.01. The molecule has 0 saturated heterocycles. The third-order valence-corrected chi connectivity index (χ3v) is 8.35. The van der Waals surface area contributed by atoms with Crippen molar-refractivity contribution in [2.24, 2.45) is 0 Å². The Balaban J connectivity index is -0.000000720. The van der Waals surface area contributed by atoms with Crippen LogP contribution in [0.2, 0.25) is 10.5 Å². The first-order valence-corrected chi connectivity index (χ1v) is 9.25. The Bertz CT molecular complexity index is 157. The van der Waals surface area contributed by atoms with E-state index in [9.17, 15) is 9.59 Å². The molecule has 0 saturated carbocycles. The standard InChI is InChI=1S/C6H12Ge2O5.2H2O/c9-5(10)1-3-7-13-8-4-2-6(11)12;;/h7-8H,1-4H2,(H,9,10)(H,11,12);2*1H2. The molecule has 0 fully saturated rings. The summed E-state index contributed by atoms with van der Waals surface area (Å²) < 4.78 is 5.32. The molecule has 0 heterocycles. The van der Waals surface area contributed by atoms with Crippen LogP contribution in [0.25, 0.3) is 0 Å². The molecule has 90 valence electrons. The predicted octanol–water partition coefficient (Wildman–Crippen LogP) is -2.16. The van der Waals surface area contributed by atoms with E-state index < -0.39 is 43.5 Å². The van der Waals surface area contributed by atoms with Crippen molar-refractivity contribution in [2.75, 3.05) is 0 Å². The number of carboxylic acids is 2. The van der Waals surface area contributed by atoms with Gasteiger partial charge in [-0.2, -0.15) is 0 Å². The van der Waals surface area contributed by atoms with E-state index in [4.69, 9.17) is 13.0 Å². The third-order valence-electron chi connectivity index (χ3n) is 1.14. The topological polar surface area (TPSA) is 147 Å². The summed E-state index contributed by atoms with van der Waals surface area (Å²) in [6.07, 6.45) is 0.381. The van der Waals surface area contributed by atoms with Crippen molar-refractivity contribution in [1.82, 2.24) is 0 Å². The fourth-order valence-electron chi connectivity index (χ4n) is 0.569. The van der Waals surface area contributed by atoms with Gasteiger partial charge in [0.1, 0.15) is 0 Å². The molecule has 0 aromatic heterocycles. The van der Waals surface area contributed by atoms with Gasteiger partial charge in [-0.3, -0.25) is 0 Å². The van der Waals surface area contributed by atoms with Crippen LogP contribution in [0.3, 0.4) is 0 Å². The van der Waals surface area contributed by atoms with Crippen LogP contribution in [-0.4, -0.2) is 64.6 Å². The Labute approximate surface area is 100 Å². The van der Waals surface area contributed by atoms with Gasteiger partial charge in [-0.05, 0) is 0 Å². The van der Waals surface area contributed by atoms with Gasteiger partial charge in [-0.15, -0.1) is 0 Å². The summed E-state index contributed by atoms with van der Waals surface area (Å²) in [5.74, 6) is -1.56. The van der Waals surface area contributed by atoms with Crippen LogP contribution < -0.4 is 0 Å². The molecular weight excluding hydrogens is 329 g/mol. The van der Waals surface area contributed by atoms with E-state index >= 15 is 0 Å². The molecule has 6 N–H and O–H groups in total. The van der Waals surface area contributed by atoms with Crippen molar-refractivity contribution in [1.29, 1.82) is 0 Å². The van der Waals surface area contributed by atoms with Crippen LogP contribution in [0.1, 0.15) is 12.8 Å². The number of hydrogen-bond donors (Lipinski definition) is 2. The van der Waals surface area contributed by atoms with Crippen LogP contribution in [-0.2, 0) is 12.4 Å². The van der Waals surface area contributed by atoms with Gasteiger partial charge >= 0.3 is 89.4 Å². The molecule has 0 aliphatic heterocycles. The predicted molar refractivity (Wildman–Crippen MR) is 56.7 cm³/mol. The Morgan fingerprint density at radius 2 is 1.27 bits per heavy atom. The molecule has 0 amide bonds. The van der Waals surface area contributed by atoms with E-state index in [1.54, 1.807) is 0 Å². The normalized spacial score (nSPS) is 8.53. The van der Waals surface area contributed by atoms with E-state index in [2.05, 4.69) is 0 Å². The van der Waals surface area contributed by atoms with Gasteiger partial charge in [0.15, 0.2) is 0 Å².